The van der Waals surface area contributed by atoms with Crippen LogP contribution < -0.4 is 0 Å². The summed E-state index contributed by atoms with van der Waals surface area (Å²) in [5, 5.41) is 17.6. The van der Waals surface area contributed by atoms with Gasteiger partial charge in [0.15, 0.2) is 11.5 Å². The van der Waals surface area contributed by atoms with Crippen LogP contribution in [0.2, 0.25) is 0 Å². The van der Waals surface area contributed by atoms with Gasteiger partial charge in [-0.25, -0.2) is 9.50 Å². The number of pyridine rings is 1. The predicted molar refractivity (Wildman–Crippen MR) is 92.2 cm³/mol. The zero-order valence-corrected chi connectivity index (χ0v) is 14.7. The van der Waals surface area contributed by atoms with Crippen LogP contribution in [0.5, 0.6) is 0 Å². The summed E-state index contributed by atoms with van der Waals surface area (Å²) >= 11 is 0. The smallest absolute Gasteiger partial charge is 0.272 e. The lowest BCUT2D eigenvalue weighted by atomic mass is 9.81. The first-order chi connectivity index (χ1) is 13.3. The molecule has 3 atom stereocenters. The molecule has 0 aromatic carbocycles. The quantitative estimate of drug-likeness (QED) is 0.512. The zero-order valence-electron chi connectivity index (χ0n) is 14.7. The molecule has 10 nitrogen and oxygen atoms in total. The van der Waals surface area contributed by atoms with Crippen molar-refractivity contribution in [3.63, 3.8) is 0 Å². The normalized spacial score (nSPS) is 26.1. The molecule has 0 spiro atoms. The summed E-state index contributed by atoms with van der Waals surface area (Å²) in [6.07, 6.45) is 7.50. The van der Waals surface area contributed by atoms with E-state index in [2.05, 4.69) is 20.3 Å². The Morgan fingerprint density at radius 1 is 1.15 bits per heavy atom. The Bertz CT molecular complexity index is 1100. The lowest BCUT2D eigenvalue weighted by molar-refractivity contribution is 0.0156. The Hall–Kier alpha value is -3.14. The van der Waals surface area contributed by atoms with Gasteiger partial charge in [-0.15, -0.1) is 10.2 Å². The molecule has 136 valence electrons. The van der Waals surface area contributed by atoms with Gasteiger partial charge < -0.3 is 4.74 Å². The van der Waals surface area contributed by atoms with Crippen LogP contribution in [0.15, 0.2) is 36.8 Å². The monoisotopic (exact) mass is 363 g/mol. The Morgan fingerprint density at radius 3 is 2.81 bits per heavy atom. The first kappa shape index (κ1) is 15.0. The second-order valence-corrected chi connectivity index (χ2v) is 7.18. The third kappa shape index (κ3) is 2.10. The first-order valence-corrected chi connectivity index (χ1v) is 8.92. The average Bonchev–Trinajstić information content (AvgIpc) is 3.19. The number of hydrogen-bond donors (Lipinski definition) is 0. The molecule has 10 heteroatoms. The van der Waals surface area contributed by atoms with Crippen molar-refractivity contribution in [2.45, 2.75) is 30.9 Å². The second-order valence-electron chi connectivity index (χ2n) is 7.18. The SMILES string of the molecule is CO[C@@H]1C[C@]2(c3nc(Cn4nccn4)nn3-c3nc4ccccn4n3)C[C@H]12. The minimum absolute atomic E-state index is 0.0287. The molecule has 0 radical (unpaired) electrons. The summed E-state index contributed by atoms with van der Waals surface area (Å²) in [6.45, 7) is 0.412. The molecule has 2 aliphatic carbocycles. The molecular weight excluding hydrogens is 346 g/mol. The second kappa shape index (κ2) is 5.19. The summed E-state index contributed by atoms with van der Waals surface area (Å²) in [5.41, 5.74) is 0.804. The number of nitrogens with zero attached hydrogens (tertiary/aromatic N) is 9. The van der Waals surface area contributed by atoms with Gasteiger partial charge in [0, 0.05) is 18.7 Å². The molecule has 2 fully saturated rings. The Morgan fingerprint density at radius 2 is 2.04 bits per heavy atom. The fourth-order valence-electron chi connectivity index (χ4n) is 4.24. The van der Waals surface area contributed by atoms with E-state index in [9.17, 15) is 0 Å². The number of rotatable bonds is 5. The van der Waals surface area contributed by atoms with Crippen LogP contribution in [0.3, 0.4) is 0 Å². The van der Waals surface area contributed by atoms with Gasteiger partial charge in [0.2, 0.25) is 0 Å². The van der Waals surface area contributed by atoms with Gasteiger partial charge in [0.25, 0.3) is 5.95 Å². The summed E-state index contributed by atoms with van der Waals surface area (Å²) in [5.74, 6) is 2.60. The molecule has 0 N–H and O–H groups in total. The van der Waals surface area contributed by atoms with Gasteiger partial charge in [-0.05, 0) is 30.9 Å². The fourth-order valence-corrected chi connectivity index (χ4v) is 4.24. The van der Waals surface area contributed by atoms with Crippen molar-refractivity contribution < 1.29 is 4.74 Å². The van der Waals surface area contributed by atoms with E-state index in [0.29, 0.717) is 30.3 Å². The van der Waals surface area contributed by atoms with Crippen LogP contribution in [-0.4, -0.2) is 57.6 Å². The molecule has 0 bridgehead atoms. The lowest BCUT2D eigenvalue weighted by Crippen LogP contribution is -2.37. The zero-order chi connectivity index (χ0) is 18.0. The fraction of sp³-hybridized carbons (Fsp3) is 0.412. The van der Waals surface area contributed by atoms with E-state index in [0.717, 1.165) is 24.3 Å². The molecule has 4 aromatic heterocycles. The van der Waals surface area contributed by atoms with Crippen LogP contribution in [0.1, 0.15) is 24.5 Å². The third-order valence-corrected chi connectivity index (χ3v) is 5.72. The molecule has 0 saturated heterocycles. The molecule has 2 aliphatic rings. The lowest BCUT2D eigenvalue weighted by Gasteiger charge is -2.32. The summed E-state index contributed by atoms with van der Waals surface area (Å²) < 4.78 is 9.09. The largest absolute Gasteiger partial charge is 0.381 e. The third-order valence-electron chi connectivity index (χ3n) is 5.72. The first-order valence-electron chi connectivity index (χ1n) is 8.92. The molecule has 2 saturated carbocycles. The van der Waals surface area contributed by atoms with E-state index in [-0.39, 0.29) is 5.41 Å². The number of methoxy groups -OCH3 is 1. The highest BCUT2D eigenvalue weighted by Crippen LogP contribution is 2.68. The Balaban J connectivity index is 1.44. The maximum atomic E-state index is 5.56. The van der Waals surface area contributed by atoms with Gasteiger partial charge >= 0.3 is 0 Å². The van der Waals surface area contributed by atoms with E-state index < -0.39 is 0 Å². The van der Waals surface area contributed by atoms with Crippen LogP contribution >= 0.6 is 0 Å². The molecular formula is C17H17N9O. The van der Waals surface area contributed by atoms with E-state index in [1.54, 1.807) is 33.5 Å². The average molecular weight is 363 g/mol. The minimum atomic E-state index is 0.0287. The van der Waals surface area contributed by atoms with Crippen LogP contribution in [0.4, 0.5) is 0 Å². The van der Waals surface area contributed by atoms with E-state index in [1.165, 1.54) is 0 Å². The van der Waals surface area contributed by atoms with Crippen molar-refractivity contribution in [2.75, 3.05) is 7.11 Å². The van der Waals surface area contributed by atoms with Gasteiger partial charge in [-0.2, -0.15) is 24.7 Å². The van der Waals surface area contributed by atoms with Gasteiger partial charge in [-0.1, -0.05) is 6.07 Å². The molecule has 4 heterocycles. The van der Waals surface area contributed by atoms with Crippen molar-refractivity contribution in [2.24, 2.45) is 5.92 Å². The Labute approximate surface area is 153 Å². The van der Waals surface area contributed by atoms with Crippen molar-refractivity contribution in [1.29, 1.82) is 0 Å². The molecule has 6 rings (SSSR count). The molecule has 27 heavy (non-hydrogen) atoms. The molecule has 0 unspecified atom stereocenters. The van der Waals surface area contributed by atoms with Gasteiger partial charge in [0.05, 0.1) is 18.5 Å². The summed E-state index contributed by atoms with van der Waals surface area (Å²) in [6, 6.07) is 5.78. The number of ether oxygens (including phenoxy) is 1. The maximum absolute atomic E-state index is 5.56. The van der Waals surface area contributed by atoms with E-state index in [4.69, 9.17) is 14.8 Å². The maximum Gasteiger partial charge on any atom is 0.272 e. The number of aromatic nitrogens is 9. The number of fused-ring (bicyclic) bond motifs is 2. The van der Waals surface area contributed by atoms with Crippen LogP contribution in [0, 0.1) is 5.92 Å². The minimum Gasteiger partial charge on any atom is -0.381 e. The highest BCUT2D eigenvalue weighted by molar-refractivity contribution is 5.41. The number of hydrogen-bond acceptors (Lipinski definition) is 7. The van der Waals surface area contributed by atoms with Crippen molar-refractivity contribution in [1.82, 2.24) is 44.4 Å². The van der Waals surface area contributed by atoms with Crippen molar-refractivity contribution >= 4 is 5.65 Å². The highest BCUT2D eigenvalue weighted by Gasteiger charge is 2.71. The molecule has 4 aromatic rings. The standard InChI is InChI=1S/C17H17N9O/c1-27-12-9-17(8-11(12)17)15-20-13(10-25-18-5-6-19-25)22-26(15)16-21-14-4-2-3-7-24(14)23-16/h2-7,11-12H,8-10H2,1H3/t11-,12-,17-/m1/s1. The van der Waals surface area contributed by atoms with Gasteiger partial charge in [0.1, 0.15) is 12.4 Å². The summed E-state index contributed by atoms with van der Waals surface area (Å²) in [7, 11) is 1.77. The topological polar surface area (TPSA) is 101 Å². The van der Waals surface area contributed by atoms with Crippen molar-refractivity contribution in [3.05, 3.63) is 48.4 Å². The van der Waals surface area contributed by atoms with Crippen LogP contribution in [-0.2, 0) is 16.7 Å². The summed E-state index contributed by atoms with van der Waals surface area (Å²) in [4.78, 5) is 11.0. The predicted octanol–water partition coefficient (Wildman–Crippen LogP) is 0.626. The van der Waals surface area contributed by atoms with Crippen LogP contribution in [0.25, 0.3) is 11.6 Å². The molecule has 0 amide bonds. The van der Waals surface area contributed by atoms with E-state index >= 15 is 0 Å². The van der Waals surface area contributed by atoms with E-state index in [1.807, 2.05) is 24.4 Å². The van der Waals surface area contributed by atoms with Gasteiger partial charge in [-0.3, -0.25) is 0 Å². The highest BCUT2D eigenvalue weighted by atomic mass is 16.5. The Kier molecular flexibility index (Phi) is 2.88. The molecule has 0 aliphatic heterocycles. The van der Waals surface area contributed by atoms with Crippen molar-refractivity contribution in [3.8, 4) is 5.95 Å².